The van der Waals surface area contributed by atoms with Crippen molar-refractivity contribution in [2.75, 3.05) is 32.7 Å². The maximum absolute atomic E-state index is 13.2. The molecule has 2 fully saturated rings. The molecule has 30 heavy (non-hydrogen) atoms. The fourth-order valence-corrected chi connectivity index (χ4v) is 5.08. The molecule has 4 rings (SSSR count). The fourth-order valence-electron chi connectivity index (χ4n) is 5.08. The first-order valence-electron chi connectivity index (χ1n) is 10.8. The Kier molecular flexibility index (Phi) is 5.80. The van der Waals surface area contributed by atoms with Crippen LogP contribution in [-0.4, -0.2) is 53.0 Å². The molecule has 0 spiro atoms. The maximum atomic E-state index is 13.2. The number of hydrogen-bond acceptors (Lipinski definition) is 4. The minimum atomic E-state index is -0.0656. The van der Waals surface area contributed by atoms with E-state index in [1.54, 1.807) is 17.7 Å². The molecular formula is C24H32N4O2. The lowest BCUT2D eigenvalue weighted by atomic mass is 10.0. The summed E-state index contributed by atoms with van der Waals surface area (Å²) in [5.41, 5.74) is 9.69. The number of carbonyl (C=O) groups is 1. The number of fused-ring (bicyclic) bond motifs is 1. The quantitative estimate of drug-likeness (QED) is 0.822. The van der Waals surface area contributed by atoms with Crippen molar-refractivity contribution >= 4 is 5.91 Å². The van der Waals surface area contributed by atoms with Crippen LogP contribution >= 0.6 is 0 Å². The Morgan fingerprint density at radius 2 is 1.73 bits per heavy atom. The molecule has 0 radical (unpaired) electrons. The molecule has 1 aromatic heterocycles. The van der Waals surface area contributed by atoms with Gasteiger partial charge in [-0.25, -0.2) is 0 Å². The first-order chi connectivity index (χ1) is 14.3. The van der Waals surface area contributed by atoms with Gasteiger partial charge in [0, 0.05) is 51.0 Å². The first-order valence-corrected chi connectivity index (χ1v) is 10.8. The fraction of sp³-hybridized carbons (Fsp3) is 0.500. The smallest absolute Gasteiger partial charge is 0.255 e. The molecule has 0 aliphatic carbocycles. The standard InChI is InChI=1S/C24H32N4O2/c1-16-11-22(29)26(3)17(2)23(16)24(30)28-14-19-12-27(13-20(19)15-28)10-9-21(25)18-7-5-4-6-8-18/h4-8,11,19-21H,9-10,12-15,25H2,1-3H3/t19?,20?,21-/m0/s1. The number of benzene rings is 1. The van der Waals surface area contributed by atoms with Crippen molar-refractivity contribution in [3.05, 3.63) is 69.1 Å². The zero-order valence-electron chi connectivity index (χ0n) is 18.2. The average Bonchev–Trinajstić information content (AvgIpc) is 3.30. The second-order valence-corrected chi connectivity index (χ2v) is 8.98. The zero-order chi connectivity index (χ0) is 21.4. The Morgan fingerprint density at radius 3 is 2.37 bits per heavy atom. The van der Waals surface area contributed by atoms with Gasteiger partial charge < -0.3 is 20.1 Å². The summed E-state index contributed by atoms with van der Waals surface area (Å²) >= 11 is 0. The van der Waals surface area contributed by atoms with Crippen molar-refractivity contribution in [2.24, 2.45) is 24.6 Å². The molecule has 2 aliphatic rings. The van der Waals surface area contributed by atoms with E-state index in [1.807, 2.05) is 36.9 Å². The number of hydrogen-bond donors (Lipinski definition) is 1. The highest BCUT2D eigenvalue weighted by atomic mass is 16.2. The number of pyridine rings is 1. The van der Waals surface area contributed by atoms with E-state index >= 15 is 0 Å². The lowest BCUT2D eigenvalue weighted by molar-refractivity contribution is 0.0771. The van der Waals surface area contributed by atoms with Crippen LogP contribution in [0, 0.1) is 25.7 Å². The van der Waals surface area contributed by atoms with Crippen molar-refractivity contribution in [3.63, 3.8) is 0 Å². The highest BCUT2D eigenvalue weighted by Crippen LogP contribution is 2.33. The van der Waals surface area contributed by atoms with Crippen LogP contribution in [0.3, 0.4) is 0 Å². The van der Waals surface area contributed by atoms with Gasteiger partial charge in [-0.1, -0.05) is 30.3 Å². The Balaban J connectivity index is 1.34. The van der Waals surface area contributed by atoms with E-state index in [1.165, 1.54) is 5.56 Å². The number of aryl methyl sites for hydroxylation is 1. The number of amides is 1. The topological polar surface area (TPSA) is 71.6 Å². The molecule has 160 valence electrons. The second-order valence-electron chi connectivity index (χ2n) is 8.98. The van der Waals surface area contributed by atoms with Gasteiger partial charge in [0.2, 0.25) is 0 Å². The number of likely N-dealkylation sites (tertiary alicyclic amines) is 2. The summed E-state index contributed by atoms with van der Waals surface area (Å²) in [6, 6.07) is 11.9. The van der Waals surface area contributed by atoms with Crippen molar-refractivity contribution < 1.29 is 4.79 Å². The molecule has 0 saturated carbocycles. The molecule has 3 heterocycles. The van der Waals surface area contributed by atoms with Crippen LogP contribution < -0.4 is 11.3 Å². The second kappa shape index (κ2) is 8.36. The Bertz CT molecular complexity index is 971. The van der Waals surface area contributed by atoms with Gasteiger partial charge in [0.25, 0.3) is 11.5 Å². The third kappa shape index (κ3) is 3.94. The summed E-state index contributed by atoms with van der Waals surface area (Å²) in [6.07, 6.45) is 0.947. The monoisotopic (exact) mass is 408 g/mol. The van der Waals surface area contributed by atoms with Crippen LogP contribution in [0.4, 0.5) is 0 Å². The number of nitrogens with zero attached hydrogens (tertiary/aromatic N) is 3. The molecule has 6 heteroatoms. The number of aromatic nitrogens is 1. The lowest BCUT2D eigenvalue weighted by Gasteiger charge is -2.24. The third-order valence-corrected chi connectivity index (χ3v) is 6.98. The molecule has 2 unspecified atom stereocenters. The van der Waals surface area contributed by atoms with Crippen LogP contribution in [-0.2, 0) is 7.05 Å². The van der Waals surface area contributed by atoms with E-state index in [0.717, 1.165) is 50.4 Å². The summed E-state index contributed by atoms with van der Waals surface area (Å²) in [5, 5.41) is 0. The predicted molar refractivity (Wildman–Crippen MR) is 118 cm³/mol. The van der Waals surface area contributed by atoms with E-state index in [9.17, 15) is 9.59 Å². The Hall–Kier alpha value is -2.44. The van der Waals surface area contributed by atoms with E-state index in [0.29, 0.717) is 17.4 Å². The van der Waals surface area contributed by atoms with E-state index < -0.39 is 0 Å². The maximum Gasteiger partial charge on any atom is 0.255 e. The van der Waals surface area contributed by atoms with Crippen LogP contribution in [0.2, 0.25) is 0 Å². The minimum Gasteiger partial charge on any atom is -0.338 e. The van der Waals surface area contributed by atoms with Gasteiger partial charge in [-0.15, -0.1) is 0 Å². The van der Waals surface area contributed by atoms with Gasteiger partial charge >= 0.3 is 0 Å². The van der Waals surface area contributed by atoms with Crippen LogP contribution in [0.25, 0.3) is 0 Å². The SMILES string of the molecule is Cc1cc(=O)n(C)c(C)c1C(=O)N1CC2CN(CC[C@H](N)c3ccccc3)CC2C1. The Labute approximate surface area is 178 Å². The van der Waals surface area contributed by atoms with Gasteiger partial charge in [-0.3, -0.25) is 9.59 Å². The molecule has 6 nitrogen and oxygen atoms in total. The van der Waals surface area contributed by atoms with Gasteiger partial charge in [0.05, 0.1) is 5.56 Å². The Morgan fingerprint density at radius 1 is 1.10 bits per heavy atom. The van der Waals surface area contributed by atoms with Crippen LogP contribution in [0.5, 0.6) is 0 Å². The van der Waals surface area contributed by atoms with Crippen molar-refractivity contribution in [2.45, 2.75) is 26.3 Å². The minimum absolute atomic E-state index is 0.0626. The summed E-state index contributed by atoms with van der Waals surface area (Å²) in [4.78, 5) is 29.7. The molecule has 1 aromatic carbocycles. The van der Waals surface area contributed by atoms with Crippen LogP contribution in [0.1, 0.15) is 39.6 Å². The largest absolute Gasteiger partial charge is 0.338 e. The van der Waals surface area contributed by atoms with Gasteiger partial charge in [0.15, 0.2) is 0 Å². The van der Waals surface area contributed by atoms with Gasteiger partial charge in [-0.2, -0.15) is 0 Å². The molecule has 2 aromatic rings. The predicted octanol–water partition coefficient (Wildman–Crippen LogP) is 2.10. The first kappa shape index (κ1) is 20.8. The summed E-state index contributed by atoms with van der Waals surface area (Å²) < 4.78 is 1.56. The van der Waals surface area contributed by atoms with E-state index in [4.69, 9.17) is 5.73 Å². The molecule has 1 amide bonds. The molecule has 2 N–H and O–H groups in total. The van der Waals surface area contributed by atoms with Gasteiger partial charge in [-0.05, 0) is 49.8 Å². The van der Waals surface area contributed by atoms with E-state index in [-0.39, 0.29) is 17.5 Å². The molecular weight excluding hydrogens is 376 g/mol. The number of rotatable bonds is 5. The van der Waals surface area contributed by atoms with E-state index in [2.05, 4.69) is 17.0 Å². The summed E-state index contributed by atoms with van der Waals surface area (Å²) in [7, 11) is 1.73. The zero-order valence-corrected chi connectivity index (χ0v) is 18.2. The number of nitrogens with two attached hydrogens (primary N) is 1. The van der Waals surface area contributed by atoms with Crippen molar-refractivity contribution in [1.82, 2.24) is 14.4 Å². The van der Waals surface area contributed by atoms with Crippen molar-refractivity contribution in [3.8, 4) is 0 Å². The molecule has 2 saturated heterocycles. The molecule has 2 aliphatic heterocycles. The van der Waals surface area contributed by atoms with Crippen molar-refractivity contribution in [1.29, 1.82) is 0 Å². The van der Waals surface area contributed by atoms with Gasteiger partial charge in [0.1, 0.15) is 0 Å². The highest BCUT2D eigenvalue weighted by molar-refractivity contribution is 5.96. The molecule has 3 atom stereocenters. The normalized spacial score (nSPS) is 22.3. The third-order valence-electron chi connectivity index (χ3n) is 6.98. The summed E-state index contributed by atoms with van der Waals surface area (Å²) in [6.45, 7) is 8.36. The summed E-state index contributed by atoms with van der Waals surface area (Å²) in [5.74, 6) is 1.11. The van der Waals surface area contributed by atoms with Crippen LogP contribution in [0.15, 0.2) is 41.2 Å². The lowest BCUT2D eigenvalue weighted by Crippen LogP contribution is -2.36. The molecule has 0 bridgehead atoms. The highest BCUT2D eigenvalue weighted by Gasteiger charge is 2.42. The number of carbonyl (C=O) groups excluding carboxylic acids is 1. The average molecular weight is 409 g/mol.